The highest BCUT2D eigenvalue weighted by Crippen LogP contribution is 2.19. The molecule has 1 heterocycles. The van der Waals surface area contributed by atoms with E-state index in [9.17, 15) is 4.79 Å². The van der Waals surface area contributed by atoms with Gasteiger partial charge < -0.3 is 19.6 Å². The molecule has 1 aromatic heterocycles. The van der Waals surface area contributed by atoms with Crippen molar-refractivity contribution in [3.63, 3.8) is 0 Å². The summed E-state index contributed by atoms with van der Waals surface area (Å²) in [6, 6.07) is 9.41. The van der Waals surface area contributed by atoms with Crippen molar-refractivity contribution in [1.82, 2.24) is 5.32 Å². The fourth-order valence-corrected chi connectivity index (χ4v) is 1.87. The van der Waals surface area contributed by atoms with E-state index in [1.54, 1.807) is 7.11 Å². The molecule has 0 aliphatic carbocycles. The van der Waals surface area contributed by atoms with Crippen molar-refractivity contribution < 1.29 is 19.1 Å². The summed E-state index contributed by atoms with van der Waals surface area (Å²) in [5, 5.41) is 12.1. The molecule has 2 rings (SSSR count). The minimum absolute atomic E-state index is 0.100. The zero-order valence-electron chi connectivity index (χ0n) is 11.4. The number of benzene rings is 1. The quantitative estimate of drug-likeness (QED) is 0.848. The van der Waals surface area contributed by atoms with E-state index >= 15 is 0 Å². The summed E-state index contributed by atoms with van der Waals surface area (Å²) in [5.41, 5.74) is 1.25. The lowest BCUT2D eigenvalue weighted by atomic mass is 10.1. The number of rotatable bonds is 6. The van der Waals surface area contributed by atoms with Crippen molar-refractivity contribution in [2.24, 2.45) is 0 Å². The molecule has 0 aliphatic rings. The van der Waals surface area contributed by atoms with Crippen molar-refractivity contribution in [1.29, 1.82) is 0 Å². The van der Waals surface area contributed by atoms with Gasteiger partial charge in [0.2, 0.25) is 0 Å². The maximum Gasteiger partial charge on any atom is 0.338 e. The average Bonchev–Trinajstić information content (AvgIpc) is 2.94. The van der Waals surface area contributed by atoms with Crippen LogP contribution < -0.4 is 10.1 Å². The third-order valence-electron chi connectivity index (χ3n) is 3.08. The van der Waals surface area contributed by atoms with E-state index in [1.165, 1.54) is 12.3 Å². The lowest BCUT2D eigenvalue weighted by Crippen LogP contribution is -2.17. The summed E-state index contributed by atoms with van der Waals surface area (Å²) in [7, 11) is 1.63. The highest BCUT2D eigenvalue weighted by molar-refractivity contribution is 5.87. The Kier molecular flexibility index (Phi) is 4.42. The molecular formula is C15H17NO4. The van der Waals surface area contributed by atoms with Crippen LogP contribution in [0.3, 0.4) is 0 Å². The monoisotopic (exact) mass is 275 g/mol. The molecule has 2 N–H and O–H groups in total. The molecule has 0 saturated heterocycles. The van der Waals surface area contributed by atoms with E-state index < -0.39 is 5.97 Å². The normalized spacial score (nSPS) is 12.1. The number of hydrogen-bond acceptors (Lipinski definition) is 4. The molecule has 5 heteroatoms. The zero-order valence-corrected chi connectivity index (χ0v) is 11.4. The van der Waals surface area contributed by atoms with E-state index in [-0.39, 0.29) is 11.6 Å². The van der Waals surface area contributed by atoms with Crippen molar-refractivity contribution in [3.05, 3.63) is 53.5 Å². The largest absolute Gasteiger partial charge is 0.497 e. The van der Waals surface area contributed by atoms with Gasteiger partial charge in [0, 0.05) is 6.04 Å². The number of nitrogens with one attached hydrogen (secondary N) is 1. The summed E-state index contributed by atoms with van der Waals surface area (Å²) < 4.78 is 10.4. The SMILES string of the molecule is COc1cccc([C@H](C)NCc2cc(C(=O)O)co2)c1. The van der Waals surface area contributed by atoms with Crippen LogP contribution in [0.15, 0.2) is 41.0 Å². The van der Waals surface area contributed by atoms with Crippen LogP contribution in [0.2, 0.25) is 0 Å². The predicted molar refractivity (Wildman–Crippen MR) is 73.9 cm³/mol. The highest BCUT2D eigenvalue weighted by Gasteiger charge is 2.10. The summed E-state index contributed by atoms with van der Waals surface area (Å²) in [4.78, 5) is 10.8. The molecule has 5 nitrogen and oxygen atoms in total. The van der Waals surface area contributed by atoms with Crippen molar-refractivity contribution in [2.45, 2.75) is 19.5 Å². The molecule has 0 unspecified atom stereocenters. The molecule has 0 radical (unpaired) electrons. The summed E-state index contributed by atoms with van der Waals surface area (Å²) >= 11 is 0. The Morgan fingerprint density at radius 1 is 1.45 bits per heavy atom. The zero-order chi connectivity index (χ0) is 14.5. The Hall–Kier alpha value is -2.27. The number of aromatic carboxylic acids is 1. The second-order valence-electron chi connectivity index (χ2n) is 4.49. The van der Waals surface area contributed by atoms with Crippen LogP contribution in [-0.4, -0.2) is 18.2 Å². The van der Waals surface area contributed by atoms with Gasteiger partial charge in [0.05, 0.1) is 19.2 Å². The molecular weight excluding hydrogens is 258 g/mol. The molecule has 20 heavy (non-hydrogen) atoms. The van der Waals surface area contributed by atoms with Gasteiger partial charge in [0.25, 0.3) is 0 Å². The first kappa shape index (κ1) is 14.1. The highest BCUT2D eigenvalue weighted by atomic mass is 16.5. The van der Waals surface area contributed by atoms with Gasteiger partial charge in [-0.3, -0.25) is 0 Å². The standard InChI is InChI=1S/C15H17NO4/c1-10(11-4-3-5-13(6-11)19-2)16-8-14-7-12(9-20-14)15(17)18/h3-7,9-10,16H,8H2,1-2H3,(H,17,18)/t10-/m0/s1. The summed E-state index contributed by atoms with van der Waals surface area (Å²) in [6.45, 7) is 2.49. The van der Waals surface area contributed by atoms with E-state index in [0.29, 0.717) is 12.3 Å². The number of carboxylic acids is 1. The van der Waals surface area contributed by atoms with Gasteiger partial charge in [-0.1, -0.05) is 12.1 Å². The van der Waals surface area contributed by atoms with E-state index in [1.807, 2.05) is 31.2 Å². The van der Waals surface area contributed by atoms with Crippen LogP contribution in [0, 0.1) is 0 Å². The molecule has 1 atom stereocenters. The van der Waals surface area contributed by atoms with Crippen molar-refractivity contribution in [2.75, 3.05) is 7.11 Å². The Balaban J connectivity index is 1.96. The second kappa shape index (κ2) is 6.25. The fourth-order valence-electron chi connectivity index (χ4n) is 1.87. The minimum atomic E-state index is -0.985. The molecule has 2 aromatic rings. The lowest BCUT2D eigenvalue weighted by Gasteiger charge is -2.14. The Morgan fingerprint density at radius 3 is 2.90 bits per heavy atom. The van der Waals surface area contributed by atoms with Crippen LogP contribution >= 0.6 is 0 Å². The van der Waals surface area contributed by atoms with Crippen LogP contribution in [-0.2, 0) is 6.54 Å². The number of hydrogen-bond donors (Lipinski definition) is 2. The van der Waals surface area contributed by atoms with Gasteiger partial charge in [-0.25, -0.2) is 4.79 Å². The van der Waals surface area contributed by atoms with Crippen molar-refractivity contribution >= 4 is 5.97 Å². The number of furan rings is 1. The number of carbonyl (C=O) groups is 1. The van der Waals surface area contributed by atoms with Gasteiger partial charge in [0.1, 0.15) is 17.8 Å². The Labute approximate surface area is 117 Å². The molecule has 1 aromatic carbocycles. The molecule has 106 valence electrons. The maximum absolute atomic E-state index is 10.8. The van der Waals surface area contributed by atoms with E-state index in [0.717, 1.165) is 11.3 Å². The predicted octanol–water partition coefficient (Wildman–Crippen LogP) is 2.84. The Bertz CT molecular complexity index is 591. The third-order valence-corrected chi connectivity index (χ3v) is 3.08. The van der Waals surface area contributed by atoms with Gasteiger partial charge in [0.15, 0.2) is 0 Å². The third kappa shape index (κ3) is 3.39. The lowest BCUT2D eigenvalue weighted by molar-refractivity contribution is 0.0696. The molecule has 0 bridgehead atoms. The smallest absolute Gasteiger partial charge is 0.338 e. The van der Waals surface area contributed by atoms with Crippen LogP contribution in [0.5, 0.6) is 5.75 Å². The molecule has 0 saturated carbocycles. The van der Waals surface area contributed by atoms with Gasteiger partial charge in [-0.05, 0) is 30.7 Å². The number of ether oxygens (including phenoxy) is 1. The molecule has 0 fully saturated rings. The Morgan fingerprint density at radius 2 is 2.25 bits per heavy atom. The summed E-state index contributed by atoms with van der Waals surface area (Å²) in [6.07, 6.45) is 1.25. The van der Waals surface area contributed by atoms with Crippen LogP contribution in [0.1, 0.15) is 34.6 Å². The van der Waals surface area contributed by atoms with Crippen molar-refractivity contribution in [3.8, 4) is 5.75 Å². The fraction of sp³-hybridized carbons (Fsp3) is 0.267. The minimum Gasteiger partial charge on any atom is -0.497 e. The molecule has 0 amide bonds. The topological polar surface area (TPSA) is 71.7 Å². The second-order valence-corrected chi connectivity index (χ2v) is 4.49. The van der Waals surface area contributed by atoms with Gasteiger partial charge in [-0.15, -0.1) is 0 Å². The molecule has 0 spiro atoms. The maximum atomic E-state index is 10.8. The van der Waals surface area contributed by atoms with E-state index in [4.69, 9.17) is 14.3 Å². The first-order valence-electron chi connectivity index (χ1n) is 6.28. The van der Waals surface area contributed by atoms with Crippen LogP contribution in [0.25, 0.3) is 0 Å². The van der Waals surface area contributed by atoms with E-state index in [2.05, 4.69) is 5.32 Å². The number of methoxy groups -OCH3 is 1. The van der Waals surface area contributed by atoms with Crippen LogP contribution in [0.4, 0.5) is 0 Å². The van der Waals surface area contributed by atoms with Gasteiger partial charge >= 0.3 is 5.97 Å². The molecule has 0 aliphatic heterocycles. The average molecular weight is 275 g/mol. The first-order chi connectivity index (χ1) is 9.60. The van der Waals surface area contributed by atoms with Gasteiger partial charge in [-0.2, -0.15) is 0 Å². The summed E-state index contributed by atoms with van der Waals surface area (Å²) in [5.74, 6) is 0.417. The number of carboxylic acid groups (broad SMARTS) is 1. The first-order valence-corrected chi connectivity index (χ1v) is 6.28.